The van der Waals surface area contributed by atoms with E-state index < -0.39 is 0 Å². The Hall–Kier alpha value is -0.390. The van der Waals surface area contributed by atoms with Crippen molar-refractivity contribution in [3.63, 3.8) is 0 Å². The molecule has 1 heterocycles. The summed E-state index contributed by atoms with van der Waals surface area (Å²) in [7, 11) is 0. The van der Waals surface area contributed by atoms with Gasteiger partial charge in [0, 0.05) is 5.92 Å². The first kappa shape index (κ1) is 14.0. The molecule has 1 N–H and O–H groups in total. The molecule has 1 saturated carbocycles. The maximum absolute atomic E-state index is 11.8. The van der Waals surface area contributed by atoms with Crippen LogP contribution in [0.4, 0.5) is 0 Å². The van der Waals surface area contributed by atoms with Gasteiger partial charge in [0.25, 0.3) is 5.56 Å². The van der Waals surface area contributed by atoms with Gasteiger partial charge in [-0.2, -0.15) is 0 Å². The summed E-state index contributed by atoms with van der Waals surface area (Å²) in [6.45, 7) is 6.53. The van der Waals surface area contributed by atoms with E-state index in [-0.39, 0.29) is 5.56 Å². The molecule has 1 aliphatic carbocycles. The molecule has 0 atom stereocenters. The van der Waals surface area contributed by atoms with Crippen molar-refractivity contribution in [2.75, 3.05) is 0 Å². The van der Waals surface area contributed by atoms with Crippen molar-refractivity contribution in [2.45, 2.75) is 52.4 Å². The van der Waals surface area contributed by atoms with Gasteiger partial charge in [-0.25, -0.2) is 4.98 Å². The molecule has 1 aliphatic rings. The standard InChI is InChI=1S/C14H21IN2O/c1-8(2)10-4-6-11(7-5-10)13-16-9(3)12(15)14(18)17-13/h8,10-11H,4-7H2,1-3H3,(H,16,17,18). The Bertz CT molecular complexity index is 473. The Morgan fingerprint density at radius 3 is 2.39 bits per heavy atom. The maximum atomic E-state index is 11.8. The lowest BCUT2D eigenvalue weighted by atomic mass is 9.77. The highest BCUT2D eigenvalue weighted by molar-refractivity contribution is 14.1. The van der Waals surface area contributed by atoms with Gasteiger partial charge in [0.05, 0.1) is 9.26 Å². The minimum absolute atomic E-state index is 0.0177. The highest BCUT2D eigenvalue weighted by Crippen LogP contribution is 2.37. The highest BCUT2D eigenvalue weighted by Gasteiger charge is 2.25. The Morgan fingerprint density at radius 1 is 1.28 bits per heavy atom. The summed E-state index contributed by atoms with van der Waals surface area (Å²) in [5.41, 5.74) is 0.879. The van der Waals surface area contributed by atoms with E-state index in [0.717, 1.165) is 36.2 Å². The van der Waals surface area contributed by atoms with E-state index in [1.807, 2.05) is 6.92 Å². The number of rotatable bonds is 2. The average molecular weight is 360 g/mol. The van der Waals surface area contributed by atoms with Gasteiger partial charge in [0.2, 0.25) is 0 Å². The third kappa shape index (κ3) is 2.95. The van der Waals surface area contributed by atoms with Gasteiger partial charge in [-0.1, -0.05) is 13.8 Å². The van der Waals surface area contributed by atoms with E-state index >= 15 is 0 Å². The predicted octanol–water partition coefficient (Wildman–Crippen LogP) is 3.61. The zero-order valence-electron chi connectivity index (χ0n) is 11.3. The van der Waals surface area contributed by atoms with E-state index in [2.05, 4.69) is 46.4 Å². The SMILES string of the molecule is Cc1nc(C2CCC(C(C)C)CC2)[nH]c(=O)c1I. The quantitative estimate of drug-likeness (QED) is 0.819. The summed E-state index contributed by atoms with van der Waals surface area (Å²) in [4.78, 5) is 19.3. The molecule has 4 heteroatoms. The lowest BCUT2D eigenvalue weighted by Gasteiger charge is -2.30. The second-order valence-corrected chi connectivity index (χ2v) is 6.79. The molecule has 100 valence electrons. The van der Waals surface area contributed by atoms with Crippen LogP contribution in [0.25, 0.3) is 0 Å². The number of nitrogens with one attached hydrogen (secondary N) is 1. The minimum Gasteiger partial charge on any atom is -0.309 e. The van der Waals surface area contributed by atoms with Gasteiger partial charge < -0.3 is 4.98 Å². The first-order chi connectivity index (χ1) is 8.49. The number of halogens is 1. The monoisotopic (exact) mass is 360 g/mol. The van der Waals surface area contributed by atoms with E-state index in [1.54, 1.807) is 0 Å². The summed E-state index contributed by atoms with van der Waals surface area (Å²) >= 11 is 2.06. The normalized spacial score (nSPS) is 24.5. The summed E-state index contributed by atoms with van der Waals surface area (Å²) in [6, 6.07) is 0. The minimum atomic E-state index is 0.0177. The second-order valence-electron chi connectivity index (χ2n) is 5.71. The number of hydrogen-bond acceptors (Lipinski definition) is 2. The van der Waals surface area contributed by atoms with Crippen molar-refractivity contribution < 1.29 is 0 Å². The molecular weight excluding hydrogens is 339 g/mol. The molecule has 0 aliphatic heterocycles. The molecule has 0 saturated heterocycles. The molecule has 3 nitrogen and oxygen atoms in total. The van der Waals surface area contributed by atoms with Gasteiger partial charge in [0.1, 0.15) is 5.82 Å². The first-order valence-corrected chi connectivity index (χ1v) is 7.83. The fourth-order valence-electron chi connectivity index (χ4n) is 2.85. The van der Waals surface area contributed by atoms with Crippen LogP contribution in [0.5, 0.6) is 0 Å². The van der Waals surface area contributed by atoms with Gasteiger partial charge in [-0.3, -0.25) is 4.79 Å². The number of hydrogen-bond donors (Lipinski definition) is 1. The van der Waals surface area contributed by atoms with Crippen molar-refractivity contribution in [2.24, 2.45) is 11.8 Å². The Morgan fingerprint density at radius 2 is 1.89 bits per heavy atom. The zero-order chi connectivity index (χ0) is 13.3. The van der Waals surface area contributed by atoms with Crippen LogP contribution in [-0.4, -0.2) is 9.97 Å². The number of aromatic nitrogens is 2. The molecule has 0 aromatic carbocycles. The molecular formula is C14H21IN2O. The predicted molar refractivity (Wildman–Crippen MR) is 81.8 cm³/mol. The summed E-state index contributed by atoms with van der Waals surface area (Å²) in [5, 5.41) is 0. The highest BCUT2D eigenvalue weighted by atomic mass is 127. The topological polar surface area (TPSA) is 45.8 Å². The van der Waals surface area contributed by atoms with E-state index in [1.165, 1.54) is 12.8 Å². The summed E-state index contributed by atoms with van der Waals surface area (Å²) in [6.07, 6.45) is 4.84. The molecule has 0 bridgehead atoms. The fraction of sp³-hybridized carbons (Fsp3) is 0.714. The van der Waals surface area contributed by atoms with Gasteiger partial charge in [-0.15, -0.1) is 0 Å². The third-order valence-corrected chi connectivity index (χ3v) is 5.42. The van der Waals surface area contributed by atoms with Crippen molar-refractivity contribution >= 4 is 22.6 Å². The van der Waals surface area contributed by atoms with E-state index in [0.29, 0.717) is 9.49 Å². The molecule has 18 heavy (non-hydrogen) atoms. The summed E-state index contributed by atoms with van der Waals surface area (Å²) in [5.74, 6) is 2.97. The van der Waals surface area contributed by atoms with Crippen LogP contribution >= 0.6 is 22.6 Å². The smallest absolute Gasteiger partial charge is 0.264 e. The third-order valence-electron chi connectivity index (χ3n) is 4.15. The fourth-order valence-corrected chi connectivity index (χ4v) is 3.10. The van der Waals surface area contributed by atoms with Crippen LogP contribution in [0.15, 0.2) is 4.79 Å². The van der Waals surface area contributed by atoms with Crippen molar-refractivity contribution in [1.29, 1.82) is 0 Å². The molecule has 0 spiro atoms. The molecule has 1 aromatic rings. The molecule has 0 unspecified atom stereocenters. The Balaban J connectivity index is 2.13. The second kappa shape index (κ2) is 5.72. The number of H-pyrrole nitrogens is 1. The number of nitrogens with zero attached hydrogens (tertiary/aromatic N) is 1. The van der Waals surface area contributed by atoms with Gasteiger partial charge >= 0.3 is 0 Å². The number of aromatic amines is 1. The van der Waals surface area contributed by atoms with Gasteiger partial charge in [0.15, 0.2) is 0 Å². The average Bonchev–Trinajstić information content (AvgIpc) is 2.35. The van der Waals surface area contributed by atoms with Crippen LogP contribution < -0.4 is 5.56 Å². The molecule has 2 rings (SSSR count). The Labute approximate surface area is 122 Å². The van der Waals surface area contributed by atoms with Crippen LogP contribution in [0, 0.1) is 22.3 Å². The molecule has 0 radical (unpaired) electrons. The van der Waals surface area contributed by atoms with Crippen molar-refractivity contribution in [3.8, 4) is 0 Å². The zero-order valence-corrected chi connectivity index (χ0v) is 13.5. The summed E-state index contributed by atoms with van der Waals surface area (Å²) < 4.78 is 0.715. The first-order valence-electron chi connectivity index (χ1n) is 6.75. The van der Waals surface area contributed by atoms with Crippen molar-refractivity contribution in [1.82, 2.24) is 9.97 Å². The number of aryl methyl sites for hydroxylation is 1. The van der Waals surface area contributed by atoms with E-state index in [4.69, 9.17) is 0 Å². The molecule has 1 aromatic heterocycles. The Kier molecular flexibility index (Phi) is 4.45. The van der Waals surface area contributed by atoms with Crippen LogP contribution in [0.1, 0.15) is 57.0 Å². The molecule has 1 fully saturated rings. The lowest BCUT2D eigenvalue weighted by molar-refractivity contribution is 0.254. The largest absolute Gasteiger partial charge is 0.309 e. The van der Waals surface area contributed by atoms with Crippen LogP contribution in [0.2, 0.25) is 0 Å². The van der Waals surface area contributed by atoms with Crippen LogP contribution in [-0.2, 0) is 0 Å². The van der Waals surface area contributed by atoms with Crippen LogP contribution in [0.3, 0.4) is 0 Å². The van der Waals surface area contributed by atoms with Crippen molar-refractivity contribution in [3.05, 3.63) is 25.4 Å². The maximum Gasteiger partial charge on any atom is 0.264 e. The van der Waals surface area contributed by atoms with E-state index in [9.17, 15) is 4.79 Å². The lowest BCUT2D eigenvalue weighted by Crippen LogP contribution is -2.23. The molecule has 0 amide bonds. The van der Waals surface area contributed by atoms with Gasteiger partial charge in [-0.05, 0) is 67.0 Å².